The zero-order valence-electron chi connectivity index (χ0n) is 20.0. The number of piperidine rings is 1. The summed E-state index contributed by atoms with van der Waals surface area (Å²) in [6.07, 6.45) is 5.82. The van der Waals surface area contributed by atoms with E-state index in [2.05, 4.69) is 27.5 Å². The van der Waals surface area contributed by atoms with Crippen LogP contribution < -0.4 is 10.1 Å². The Bertz CT molecular complexity index is 1310. The molecule has 2 aliphatic rings. The number of nitrogens with one attached hydrogen (secondary N) is 2. The molecule has 9 heteroatoms. The van der Waals surface area contributed by atoms with Crippen LogP contribution in [0.5, 0.6) is 5.75 Å². The number of carbonyl (C=O) groups is 1. The number of amides is 1. The lowest BCUT2D eigenvalue weighted by atomic mass is 9.89. The molecule has 8 nitrogen and oxygen atoms in total. The van der Waals surface area contributed by atoms with Crippen molar-refractivity contribution in [2.45, 2.75) is 36.5 Å². The number of anilines is 1. The van der Waals surface area contributed by atoms with Crippen LogP contribution in [0.3, 0.4) is 0 Å². The molecule has 0 saturated carbocycles. The molecule has 35 heavy (non-hydrogen) atoms. The summed E-state index contributed by atoms with van der Waals surface area (Å²) in [5.74, 6) is 1.16. The van der Waals surface area contributed by atoms with E-state index in [0.717, 1.165) is 50.0 Å². The Hall–Kier alpha value is -2.88. The number of aromatic nitrogens is 1. The van der Waals surface area contributed by atoms with E-state index in [1.807, 2.05) is 12.1 Å². The van der Waals surface area contributed by atoms with Gasteiger partial charge in [-0.25, -0.2) is 8.42 Å². The van der Waals surface area contributed by atoms with Crippen molar-refractivity contribution in [2.75, 3.05) is 45.2 Å². The molecule has 2 saturated heterocycles. The fourth-order valence-electron chi connectivity index (χ4n) is 5.20. The molecule has 2 fully saturated rings. The molecule has 2 aliphatic heterocycles. The first-order valence-corrected chi connectivity index (χ1v) is 13.7. The maximum Gasteiger partial charge on any atom is 0.243 e. The molecule has 2 aromatic carbocycles. The van der Waals surface area contributed by atoms with Crippen LogP contribution in [-0.4, -0.2) is 68.3 Å². The Labute approximate surface area is 206 Å². The highest BCUT2D eigenvalue weighted by Gasteiger charge is 2.28. The number of fused-ring (bicyclic) bond motifs is 1. The van der Waals surface area contributed by atoms with Crippen LogP contribution in [0.15, 0.2) is 53.6 Å². The van der Waals surface area contributed by atoms with E-state index in [0.29, 0.717) is 24.7 Å². The average molecular weight is 497 g/mol. The summed E-state index contributed by atoms with van der Waals surface area (Å²) in [7, 11) is -1.83. The highest BCUT2D eigenvalue weighted by atomic mass is 32.2. The van der Waals surface area contributed by atoms with Crippen LogP contribution in [0, 0.1) is 0 Å². The van der Waals surface area contributed by atoms with Crippen molar-refractivity contribution in [3.63, 3.8) is 0 Å². The first kappa shape index (κ1) is 23.8. The number of ether oxygens (including phenoxy) is 1. The van der Waals surface area contributed by atoms with Gasteiger partial charge >= 0.3 is 0 Å². The predicted octanol–water partition coefficient (Wildman–Crippen LogP) is 3.78. The van der Waals surface area contributed by atoms with Crippen molar-refractivity contribution >= 4 is 32.5 Å². The van der Waals surface area contributed by atoms with E-state index >= 15 is 0 Å². The summed E-state index contributed by atoms with van der Waals surface area (Å²) in [5.41, 5.74) is 2.92. The van der Waals surface area contributed by atoms with Crippen molar-refractivity contribution in [1.82, 2.24) is 14.2 Å². The quantitative estimate of drug-likeness (QED) is 0.519. The van der Waals surface area contributed by atoms with E-state index in [1.54, 1.807) is 31.4 Å². The number of rotatable bonds is 7. The number of aromatic amines is 1. The maximum absolute atomic E-state index is 12.8. The first-order chi connectivity index (χ1) is 16.9. The summed E-state index contributed by atoms with van der Waals surface area (Å²) in [4.78, 5) is 18.5. The van der Waals surface area contributed by atoms with Gasteiger partial charge in [0.1, 0.15) is 5.75 Å². The zero-order valence-corrected chi connectivity index (χ0v) is 20.8. The Kier molecular flexibility index (Phi) is 6.82. The summed E-state index contributed by atoms with van der Waals surface area (Å²) in [6.45, 7) is 3.07. The minimum atomic E-state index is -3.51. The van der Waals surface area contributed by atoms with E-state index in [4.69, 9.17) is 4.74 Å². The number of likely N-dealkylation sites (tertiary alicyclic amines) is 1. The summed E-state index contributed by atoms with van der Waals surface area (Å²) >= 11 is 0. The molecular formula is C26H32N4O4S. The number of H-pyrrole nitrogens is 1. The van der Waals surface area contributed by atoms with Crippen LogP contribution >= 0.6 is 0 Å². The molecule has 1 amide bonds. The lowest BCUT2D eigenvalue weighted by Crippen LogP contribution is -2.38. The van der Waals surface area contributed by atoms with E-state index < -0.39 is 10.0 Å². The maximum atomic E-state index is 12.8. The predicted molar refractivity (Wildman–Crippen MR) is 136 cm³/mol. The Balaban J connectivity index is 1.17. The minimum absolute atomic E-state index is 0.129. The first-order valence-electron chi connectivity index (χ1n) is 12.2. The standard InChI is InChI=1S/C26H32N4O4S/c1-34-21-7-8-25-23(16-21)24(17-27-25)19-9-13-29(14-10-19)18-26(31)28-20-5-4-6-22(15-20)35(32,33)30-11-2-3-12-30/h4-8,15-17,19,27H,2-3,9-14,18H2,1H3,(H,28,31). The number of sulfonamides is 1. The van der Waals surface area contributed by atoms with Crippen molar-refractivity contribution in [1.29, 1.82) is 0 Å². The van der Waals surface area contributed by atoms with Crippen molar-refractivity contribution in [2.24, 2.45) is 0 Å². The van der Waals surface area contributed by atoms with Gasteiger partial charge < -0.3 is 15.0 Å². The van der Waals surface area contributed by atoms with Gasteiger partial charge in [0.05, 0.1) is 18.6 Å². The normalized spacial score (nSPS) is 18.2. The molecule has 2 N–H and O–H groups in total. The molecule has 1 aromatic heterocycles. The highest BCUT2D eigenvalue weighted by molar-refractivity contribution is 7.89. The monoisotopic (exact) mass is 496 g/mol. The summed E-state index contributed by atoms with van der Waals surface area (Å²) < 4.78 is 32.6. The lowest BCUT2D eigenvalue weighted by molar-refractivity contribution is -0.117. The van der Waals surface area contributed by atoms with Gasteiger partial charge in [0.15, 0.2) is 0 Å². The van der Waals surface area contributed by atoms with Gasteiger partial charge in [-0.05, 0) is 86.7 Å². The second-order valence-corrected chi connectivity index (χ2v) is 11.3. The largest absolute Gasteiger partial charge is 0.497 e. The topological polar surface area (TPSA) is 94.7 Å². The molecule has 0 aliphatic carbocycles. The third-order valence-electron chi connectivity index (χ3n) is 7.14. The fraction of sp³-hybridized carbons (Fsp3) is 0.423. The van der Waals surface area contributed by atoms with Gasteiger partial charge in [0.2, 0.25) is 15.9 Å². The van der Waals surface area contributed by atoms with Crippen LogP contribution in [0.2, 0.25) is 0 Å². The van der Waals surface area contributed by atoms with Gasteiger partial charge in [-0.15, -0.1) is 0 Å². The van der Waals surface area contributed by atoms with Gasteiger partial charge in [0, 0.05) is 35.9 Å². The second-order valence-electron chi connectivity index (χ2n) is 9.39. The molecule has 0 radical (unpaired) electrons. The molecular weight excluding hydrogens is 464 g/mol. The number of hydrogen-bond acceptors (Lipinski definition) is 5. The van der Waals surface area contributed by atoms with Crippen LogP contribution in [0.1, 0.15) is 37.2 Å². The number of benzene rings is 2. The van der Waals surface area contributed by atoms with Crippen LogP contribution in [-0.2, 0) is 14.8 Å². The second kappa shape index (κ2) is 10.0. The number of methoxy groups -OCH3 is 1. The number of hydrogen-bond donors (Lipinski definition) is 2. The molecule has 0 spiro atoms. The smallest absolute Gasteiger partial charge is 0.243 e. The van der Waals surface area contributed by atoms with Crippen molar-refractivity contribution in [3.8, 4) is 5.75 Å². The minimum Gasteiger partial charge on any atom is -0.497 e. The van der Waals surface area contributed by atoms with E-state index in [-0.39, 0.29) is 17.3 Å². The lowest BCUT2D eigenvalue weighted by Gasteiger charge is -2.31. The van der Waals surface area contributed by atoms with Crippen molar-refractivity contribution in [3.05, 3.63) is 54.2 Å². The number of nitrogens with zero attached hydrogens (tertiary/aromatic N) is 2. The molecule has 5 rings (SSSR count). The zero-order chi connectivity index (χ0) is 24.4. The third kappa shape index (κ3) is 5.07. The number of carbonyl (C=O) groups excluding carboxylic acids is 1. The SMILES string of the molecule is COc1ccc2[nH]cc(C3CCN(CC(=O)Nc4cccc(S(=O)(=O)N5CCCC5)c4)CC3)c2c1. The van der Waals surface area contributed by atoms with E-state index in [1.165, 1.54) is 15.3 Å². The Morgan fingerprint density at radius 3 is 2.60 bits per heavy atom. The summed E-state index contributed by atoms with van der Waals surface area (Å²) in [5, 5.41) is 4.08. The van der Waals surface area contributed by atoms with Gasteiger partial charge in [-0.3, -0.25) is 9.69 Å². The highest BCUT2D eigenvalue weighted by Crippen LogP contribution is 2.34. The molecule has 186 valence electrons. The fourth-order valence-corrected chi connectivity index (χ4v) is 6.77. The van der Waals surface area contributed by atoms with Gasteiger partial charge in [-0.1, -0.05) is 6.07 Å². The van der Waals surface area contributed by atoms with Crippen LogP contribution in [0.4, 0.5) is 5.69 Å². The van der Waals surface area contributed by atoms with Crippen molar-refractivity contribution < 1.29 is 17.9 Å². The van der Waals surface area contributed by atoms with Crippen LogP contribution in [0.25, 0.3) is 10.9 Å². The van der Waals surface area contributed by atoms with E-state index in [9.17, 15) is 13.2 Å². The molecule has 0 unspecified atom stereocenters. The third-order valence-corrected chi connectivity index (χ3v) is 9.03. The van der Waals surface area contributed by atoms with Gasteiger partial charge in [-0.2, -0.15) is 4.31 Å². The molecule has 3 heterocycles. The molecule has 0 bridgehead atoms. The van der Waals surface area contributed by atoms with Gasteiger partial charge in [0.25, 0.3) is 0 Å². The average Bonchev–Trinajstić information content (AvgIpc) is 3.55. The molecule has 0 atom stereocenters. The Morgan fingerprint density at radius 2 is 1.86 bits per heavy atom. The molecule has 3 aromatic rings. The summed E-state index contributed by atoms with van der Waals surface area (Å²) in [6, 6.07) is 12.7. The Morgan fingerprint density at radius 1 is 1.09 bits per heavy atom.